The average Bonchev–Trinajstić information content (AvgIpc) is 1.60. The van der Waals surface area contributed by atoms with Crippen LogP contribution >= 0.6 is 0 Å². The molecule has 1 unspecified atom stereocenters. The zero-order chi connectivity index (χ0) is 6.91. The Kier molecular flexibility index (Phi) is 1.29. The predicted molar refractivity (Wildman–Crippen MR) is 34.1 cm³/mol. The normalized spacial score (nSPS) is 34.2. The molecule has 1 atom stereocenters. The molecule has 0 spiro atoms. The smallest absolute Gasteiger partial charge is 0.183 e. The highest BCUT2D eigenvalue weighted by atomic mass is 19.1. The maximum absolute atomic E-state index is 12.7. The molecule has 1 aliphatic carbocycles. The molecular weight excluding hydrogens is 119 g/mol. The molecule has 0 aliphatic heterocycles. The average molecular weight is 128 g/mol. The lowest BCUT2D eigenvalue weighted by Crippen LogP contribution is -2.34. The molecule has 1 rings (SSSR count). The van der Waals surface area contributed by atoms with Gasteiger partial charge in [0, 0.05) is 12.1 Å². The van der Waals surface area contributed by atoms with Crippen LogP contribution in [-0.4, -0.2) is 5.79 Å². The van der Waals surface area contributed by atoms with E-state index >= 15 is 0 Å². The minimum Gasteiger partial charge on any atom is -0.402 e. The molecule has 0 aromatic heterocycles. The van der Waals surface area contributed by atoms with Gasteiger partial charge in [-0.15, -0.1) is 0 Å². The summed E-state index contributed by atoms with van der Waals surface area (Å²) in [7, 11) is 0. The Labute approximate surface area is 53.0 Å². The summed E-state index contributed by atoms with van der Waals surface area (Å²) in [6.07, 6.45) is 4.57. The third-order valence-corrected chi connectivity index (χ3v) is 1.16. The van der Waals surface area contributed by atoms with E-state index in [-0.39, 0.29) is 6.42 Å². The van der Waals surface area contributed by atoms with Crippen LogP contribution in [0.1, 0.15) is 6.42 Å². The first-order valence-electron chi connectivity index (χ1n) is 2.72. The second-order valence-electron chi connectivity index (χ2n) is 2.20. The van der Waals surface area contributed by atoms with Gasteiger partial charge < -0.3 is 5.73 Å². The zero-order valence-corrected chi connectivity index (χ0v) is 4.97. The van der Waals surface area contributed by atoms with Crippen molar-refractivity contribution in [3.8, 4) is 0 Å². The number of hydrogen-bond donors (Lipinski definition) is 2. The van der Waals surface area contributed by atoms with Crippen molar-refractivity contribution in [2.75, 3.05) is 0 Å². The fraction of sp³-hybridized carbons (Fsp3) is 0.333. The van der Waals surface area contributed by atoms with Crippen LogP contribution < -0.4 is 11.5 Å². The number of alkyl halides is 1. The summed E-state index contributed by atoms with van der Waals surface area (Å²) in [6, 6.07) is 0. The standard InChI is InChI=1S/C6H9FN2/c7-6(9)3-1-2-5(8)4-6/h1-3H,4,8-9H2. The van der Waals surface area contributed by atoms with Crippen LogP contribution in [0, 0.1) is 0 Å². The third kappa shape index (κ3) is 1.54. The summed E-state index contributed by atoms with van der Waals surface area (Å²) in [6.45, 7) is 0. The van der Waals surface area contributed by atoms with Crippen LogP contribution in [0.25, 0.3) is 0 Å². The van der Waals surface area contributed by atoms with Gasteiger partial charge in [0.1, 0.15) is 0 Å². The van der Waals surface area contributed by atoms with Gasteiger partial charge in [-0.05, 0) is 12.2 Å². The van der Waals surface area contributed by atoms with E-state index in [2.05, 4.69) is 0 Å². The first kappa shape index (κ1) is 6.29. The number of nitrogens with two attached hydrogens (primary N) is 2. The summed E-state index contributed by atoms with van der Waals surface area (Å²) >= 11 is 0. The zero-order valence-electron chi connectivity index (χ0n) is 4.97. The van der Waals surface area contributed by atoms with Gasteiger partial charge in [-0.2, -0.15) is 0 Å². The first-order valence-corrected chi connectivity index (χ1v) is 2.72. The van der Waals surface area contributed by atoms with Crippen LogP contribution in [0.3, 0.4) is 0 Å². The van der Waals surface area contributed by atoms with Crippen molar-refractivity contribution in [1.82, 2.24) is 0 Å². The third-order valence-electron chi connectivity index (χ3n) is 1.16. The minimum absolute atomic E-state index is 0.101. The van der Waals surface area contributed by atoms with E-state index < -0.39 is 5.79 Å². The van der Waals surface area contributed by atoms with E-state index in [4.69, 9.17) is 11.5 Å². The Bertz CT molecular complexity index is 170. The van der Waals surface area contributed by atoms with E-state index in [9.17, 15) is 4.39 Å². The lowest BCUT2D eigenvalue weighted by Gasteiger charge is -2.18. The number of rotatable bonds is 0. The molecule has 50 valence electrons. The topological polar surface area (TPSA) is 52.0 Å². The molecule has 1 aliphatic rings. The van der Waals surface area contributed by atoms with Crippen LogP contribution in [0.2, 0.25) is 0 Å². The van der Waals surface area contributed by atoms with Crippen molar-refractivity contribution >= 4 is 0 Å². The van der Waals surface area contributed by atoms with Crippen LogP contribution in [0.4, 0.5) is 4.39 Å². The Hall–Kier alpha value is -0.830. The number of halogens is 1. The summed E-state index contributed by atoms with van der Waals surface area (Å²) in [5.41, 5.74) is 10.9. The highest BCUT2D eigenvalue weighted by Crippen LogP contribution is 2.17. The van der Waals surface area contributed by atoms with Gasteiger partial charge in [0.2, 0.25) is 0 Å². The van der Waals surface area contributed by atoms with E-state index in [0.717, 1.165) is 0 Å². The van der Waals surface area contributed by atoms with Gasteiger partial charge in [0.25, 0.3) is 0 Å². The SMILES string of the molecule is NC1=CC=CC(N)(F)C1. The molecule has 0 aromatic carbocycles. The highest BCUT2D eigenvalue weighted by Gasteiger charge is 2.22. The van der Waals surface area contributed by atoms with Gasteiger partial charge in [-0.1, -0.05) is 6.08 Å². The van der Waals surface area contributed by atoms with Crippen LogP contribution in [0.15, 0.2) is 23.9 Å². The maximum Gasteiger partial charge on any atom is 0.183 e. The molecule has 0 amide bonds. The molecule has 0 bridgehead atoms. The predicted octanol–water partition coefficient (Wildman–Crippen LogP) is 0.413. The molecular formula is C6H9FN2. The van der Waals surface area contributed by atoms with Gasteiger partial charge in [-0.25, -0.2) is 4.39 Å². The second-order valence-corrected chi connectivity index (χ2v) is 2.20. The Morgan fingerprint density at radius 3 is 2.67 bits per heavy atom. The van der Waals surface area contributed by atoms with Crippen molar-refractivity contribution < 1.29 is 4.39 Å². The molecule has 2 nitrogen and oxygen atoms in total. The first-order chi connectivity index (χ1) is 4.10. The number of hydrogen-bond acceptors (Lipinski definition) is 2. The Morgan fingerprint density at radius 1 is 1.67 bits per heavy atom. The van der Waals surface area contributed by atoms with Crippen molar-refractivity contribution in [2.24, 2.45) is 11.5 Å². The molecule has 0 saturated heterocycles. The van der Waals surface area contributed by atoms with E-state index in [1.165, 1.54) is 12.2 Å². The monoisotopic (exact) mass is 128 g/mol. The maximum atomic E-state index is 12.7. The molecule has 3 heteroatoms. The lowest BCUT2D eigenvalue weighted by atomic mass is 10.1. The van der Waals surface area contributed by atoms with Gasteiger partial charge in [0.05, 0.1) is 0 Å². The van der Waals surface area contributed by atoms with E-state index in [1.54, 1.807) is 6.08 Å². The molecule has 0 heterocycles. The van der Waals surface area contributed by atoms with Gasteiger partial charge in [-0.3, -0.25) is 5.73 Å². The molecule has 0 saturated carbocycles. The highest BCUT2D eigenvalue weighted by molar-refractivity contribution is 5.21. The summed E-state index contributed by atoms with van der Waals surface area (Å²) < 4.78 is 12.7. The fourth-order valence-electron chi connectivity index (χ4n) is 0.762. The largest absolute Gasteiger partial charge is 0.402 e. The van der Waals surface area contributed by atoms with Crippen molar-refractivity contribution in [2.45, 2.75) is 12.2 Å². The molecule has 0 fully saturated rings. The van der Waals surface area contributed by atoms with Crippen molar-refractivity contribution in [3.05, 3.63) is 23.9 Å². The fourth-order valence-corrected chi connectivity index (χ4v) is 0.762. The van der Waals surface area contributed by atoms with Crippen molar-refractivity contribution in [3.63, 3.8) is 0 Å². The van der Waals surface area contributed by atoms with Gasteiger partial charge in [0.15, 0.2) is 5.79 Å². The van der Waals surface area contributed by atoms with Crippen LogP contribution in [-0.2, 0) is 0 Å². The quantitative estimate of drug-likeness (QED) is 0.464. The number of allylic oxidation sites excluding steroid dienone is 2. The van der Waals surface area contributed by atoms with Crippen LogP contribution in [0.5, 0.6) is 0 Å². The van der Waals surface area contributed by atoms with E-state index in [1.807, 2.05) is 0 Å². The Balaban J connectivity index is 2.73. The summed E-state index contributed by atoms with van der Waals surface area (Å²) in [5, 5.41) is 0. The molecule has 9 heavy (non-hydrogen) atoms. The molecule has 4 N–H and O–H groups in total. The summed E-state index contributed by atoms with van der Waals surface area (Å²) in [4.78, 5) is 0. The summed E-state index contributed by atoms with van der Waals surface area (Å²) in [5.74, 6) is -1.72. The second kappa shape index (κ2) is 1.84. The van der Waals surface area contributed by atoms with Gasteiger partial charge >= 0.3 is 0 Å². The van der Waals surface area contributed by atoms with Crippen molar-refractivity contribution in [1.29, 1.82) is 0 Å². The molecule has 0 aromatic rings. The lowest BCUT2D eigenvalue weighted by molar-refractivity contribution is 0.236. The minimum atomic E-state index is -1.72. The Morgan fingerprint density at radius 2 is 2.33 bits per heavy atom. The van der Waals surface area contributed by atoms with E-state index in [0.29, 0.717) is 5.70 Å². The molecule has 0 radical (unpaired) electrons.